The molecule has 0 aliphatic heterocycles. The molecule has 1 aliphatic rings. The van der Waals surface area contributed by atoms with Crippen LogP contribution in [0.5, 0.6) is 0 Å². The quantitative estimate of drug-likeness (QED) is 0.157. The lowest BCUT2D eigenvalue weighted by Gasteiger charge is -2.34. The van der Waals surface area contributed by atoms with Gasteiger partial charge in [-0.1, -0.05) is 194 Å². The van der Waals surface area contributed by atoms with E-state index in [1.165, 1.54) is 77.2 Å². The van der Waals surface area contributed by atoms with E-state index in [-0.39, 0.29) is 0 Å². The van der Waals surface area contributed by atoms with Gasteiger partial charge in [0.05, 0.1) is 5.41 Å². The van der Waals surface area contributed by atoms with Gasteiger partial charge in [-0.3, -0.25) is 0 Å². The second kappa shape index (κ2) is 13.9. The van der Waals surface area contributed by atoms with E-state index in [4.69, 9.17) is 0 Å². The summed E-state index contributed by atoms with van der Waals surface area (Å²) < 4.78 is 0. The summed E-state index contributed by atoms with van der Waals surface area (Å²) >= 11 is 0. The molecule has 0 saturated carbocycles. The highest BCUT2D eigenvalue weighted by molar-refractivity contribution is 5.96. The molecule has 0 spiro atoms. The Morgan fingerprint density at radius 3 is 1.40 bits per heavy atom. The van der Waals surface area contributed by atoms with E-state index >= 15 is 0 Å². The zero-order chi connectivity index (χ0) is 38.5. The zero-order valence-corrected chi connectivity index (χ0v) is 32.0. The second-order valence-electron chi connectivity index (χ2n) is 15.3. The van der Waals surface area contributed by atoms with Crippen LogP contribution in [0.4, 0.5) is 17.1 Å². The summed E-state index contributed by atoms with van der Waals surface area (Å²) in [6, 6.07) is 86.7. The van der Waals surface area contributed by atoms with Crippen LogP contribution in [0.3, 0.4) is 0 Å². The van der Waals surface area contributed by atoms with E-state index in [1.54, 1.807) is 0 Å². The first kappa shape index (κ1) is 33.8. The third kappa shape index (κ3) is 5.47. The topological polar surface area (TPSA) is 3.24 Å². The van der Waals surface area contributed by atoms with Gasteiger partial charge in [-0.15, -0.1) is 0 Å². The van der Waals surface area contributed by atoms with Crippen LogP contribution in [-0.4, -0.2) is 0 Å². The highest BCUT2D eigenvalue weighted by Crippen LogP contribution is 2.58. The number of benzene rings is 10. The molecule has 0 saturated heterocycles. The highest BCUT2D eigenvalue weighted by atomic mass is 15.1. The standard InChI is InChI=1S/C57H39N/c1-3-18-47(19-4-1)57(48-20-5-2-6-21-48)54-24-12-11-22-53(54)56-52(23-13-25-55(56)57)43-31-35-50(36-32-43)58(51-37-30-41-15-8-10-17-45(41)39-51)49-33-28-42(29-34-49)46-27-26-40-14-7-9-16-44(40)38-46/h1-39H. The van der Waals surface area contributed by atoms with Gasteiger partial charge in [-0.25, -0.2) is 0 Å². The Bertz CT molecular complexity index is 3050. The molecule has 11 rings (SSSR count). The third-order valence-corrected chi connectivity index (χ3v) is 12.1. The molecule has 272 valence electrons. The molecule has 0 atom stereocenters. The molecule has 0 bridgehead atoms. The molecule has 1 aliphatic carbocycles. The fourth-order valence-electron chi connectivity index (χ4n) is 9.46. The molecule has 1 nitrogen and oxygen atoms in total. The van der Waals surface area contributed by atoms with E-state index in [2.05, 4.69) is 241 Å². The van der Waals surface area contributed by atoms with Crippen LogP contribution in [0.25, 0.3) is 54.9 Å². The molecule has 0 N–H and O–H groups in total. The van der Waals surface area contributed by atoms with Crippen molar-refractivity contribution in [3.05, 3.63) is 259 Å². The van der Waals surface area contributed by atoms with Gasteiger partial charge < -0.3 is 4.90 Å². The number of hydrogen-bond acceptors (Lipinski definition) is 1. The van der Waals surface area contributed by atoms with E-state index in [0.717, 1.165) is 17.1 Å². The molecule has 0 radical (unpaired) electrons. The minimum absolute atomic E-state index is 0.434. The Morgan fingerprint density at radius 1 is 0.276 bits per heavy atom. The van der Waals surface area contributed by atoms with E-state index in [0.29, 0.717) is 0 Å². The summed E-state index contributed by atoms with van der Waals surface area (Å²) in [6.07, 6.45) is 0. The Morgan fingerprint density at radius 2 is 0.741 bits per heavy atom. The smallest absolute Gasteiger partial charge is 0.0713 e. The van der Waals surface area contributed by atoms with Gasteiger partial charge >= 0.3 is 0 Å². The maximum atomic E-state index is 2.38. The first-order valence-electron chi connectivity index (χ1n) is 20.1. The minimum atomic E-state index is -0.434. The van der Waals surface area contributed by atoms with Gasteiger partial charge in [0.2, 0.25) is 0 Å². The summed E-state index contributed by atoms with van der Waals surface area (Å²) in [6.45, 7) is 0. The Hall–Kier alpha value is -7.48. The molecule has 0 fully saturated rings. The average Bonchev–Trinajstić information content (AvgIpc) is 3.61. The molecule has 1 heteroatoms. The number of rotatable bonds is 7. The van der Waals surface area contributed by atoms with Crippen LogP contribution in [0.1, 0.15) is 22.3 Å². The molecular weight excluding hydrogens is 699 g/mol. The van der Waals surface area contributed by atoms with E-state index in [1.807, 2.05) is 0 Å². The molecular formula is C57H39N. The number of hydrogen-bond donors (Lipinski definition) is 0. The van der Waals surface area contributed by atoms with Crippen molar-refractivity contribution in [1.82, 2.24) is 0 Å². The van der Waals surface area contributed by atoms with Crippen LogP contribution in [0, 0.1) is 0 Å². The molecule has 10 aromatic rings. The van der Waals surface area contributed by atoms with Crippen LogP contribution in [-0.2, 0) is 5.41 Å². The van der Waals surface area contributed by atoms with Crippen molar-refractivity contribution in [3.8, 4) is 33.4 Å². The Balaban J connectivity index is 1.03. The second-order valence-corrected chi connectivity index (χ2v) is 15.3. The highest BCUT2D eigenvalue weighted by Gasteiger charge is 2.46. The normalized spacial score (nSPS) is 12.6. The molecule has 10 aromatic carbocycles. The van der Waals surface area contributed by atoms with Crippen molar-refractivity contribution in [2.75, 3.05) is 4.90 Å². The fraction of sp³-hybridized carbons (Fsp3) is 0.0175. The SMILES string of the molecule is c1ccc(C2(c3ccccc3)c3ccccc3-c3c(-c4ccc(N(c5ccc(-c6ccc7ccccc7c6)cc5)c5ccc6ccccc6c5)cc4)cccc32)cc1. The Kier molecular flexibility index (Phi) is 8.12. The first-order valence-corrected chi connectivity index (χ1v) is 20.1. The molecule has 0 aromatic heterocycles. The summed E-state index contributed by atoms with van der Waals surface area (Å²) in [5.74, 6) is 0. The lowest BCUT2D eigenvalue weighted by molar-refractivity contribution is 0.768. The number of fused-ring (bicyclic) bond motifs is 5. The minimum Gasteiger partial charge on any atom is -0.310 e. The van der Waals surface area contributed by atoms with Crippen molar-refractivity contribution in [2.24, 2.45) is 0 Å². The third-order valence-electron chi connectivity index (χ3n) is 12.1. The van der Waals surface area contributed by atoms with Gasteiger partial charge in [0.1, 0.15) is 0 Å². The predicted molar refractivity (Wildman–Crippen MR) is 244 cm³/mol. The van der Waals surface area contributed by atoms with Gasteiger partial charge in [-0.2, -0.15) is 0 Å². The van der Waals surface area contributed by atoms with Crippen LogP contribution < -0.4 is 4.90 Å². The Labute approximate surface area is 339 Å². The van der Waals surface area contributed by atoms with E-state index < -0.39 is 5.41 Å². The maximum Gasteiger partial charge on any atom is 0.0713 e. The first-order chi connectivity index (χ1) is 28.8. The number of nitrogens with zero attached hydrogens (tertiary/aromatic N) is 1. The van der Waals surface area contributed by atoms with Gasteiger partial charge in [-0.05, 0) is 120 Å². The van der Waals surface area contributed by atoms with Crippen molar-refractivity contribution < 1.29 is 0 Å². The fourth-order valence-corrected chi connectivity index (χ4v) is 9.46. The van der Waals surface area contributed by atoms with Gasteiger partial charge in [0.15, 0.2) is 0 Å². The lowest BCUT2D eigenvalue weighted by Crippen LogP contribution is -2.28. The summed E-state index contributed by atoms with van der Waals surface area (Å²) in [4.78, 5) is 2.38. The van der Waals surface area contributed by atoms with Gasteiger partial charge in [0, 0.05) is 17.1 Å². The monoisotopic (exact) mass is 737 g/mol. The summed E-state index contributed by atoms with van der Waals surface area (Å²) in [5.41, 5.74) is 15.5. The van der Waals surface area contributed by atoms with E-state index in [9.17, 15) is 0 Å². The molecule has 0 amide bonds. The molecule has 58 heavy (non-hydrogen) atoms. The van der Waals surface area contributed by atoms with Crippen molar-refractivity contribution in [2.45, 2.75) is 5.41 Å². The van der Waals surface area contributed by atoms with Crippen LogP contribution >= 0.6 is 0 Å². The molecule has 0 unspecified atom stereocenters. The van der Waals surface area contributed by atoms with Crippen molar-refractivity contribution >= 4 is 38.6 Å². The lowest BCUT2D eigenvalue weighted by atomic mass is 9.67. The van der Waals surface area contributed by atoms with Crippen LogP contribution in [0.15, 0.2) is 237 Å². The number of anilines is 3. The average molecular weight is 738 g/mol. The summed E-state index contributed by atoms with van der Waals surface area (Å²) in [7, 11) is 0. The van der Waals surface area contributed by atoms with Gasteiger partial charge in [0.25, 0.3) is 0 Å². The van der Waals surface area contributed by atoms with Crippen molar-refractivity contribution in [1.29, 1.82) is 0 Å². The van der Waals surface area contributed by atoms with Crippen LogP contribution in [0.2, 0.25) is 0 Å². The maximum absolute atomic E-state index is 2.38. The predicted octanol–water partition coefficient (Wildman–Crippen LogP) is 15.2. The zero-order valence-electron chi connectivity index (χ0n) is 32.0. The largest absolute Gasteiger partial charge is 0.310 e. The molecule has 0 heterocycles. The summed E-state index contributed by atoms with van der Waals surface area (Å²) in [5, 5.41) is 4.95. The van der Waals surface area contributed by atoms with Crippen molar-refractivity contribution in [3.63, 3.8) is 0 Å².